The van der Waals surface area contributed by atoms with Crippen LogP contribution in [0.2, 0.25) is 0 Å². The number of hydrogen-bond acceptors (Lipinski definition) is 3. The zero-order valence-corrected chi connectivity index (χ0v) is 20.2. The molecule has 0 aliphatic heterocycles. The van der Waals surface area contributed by atoms with Crippen LogP contribution in [-0.4, -0.2) is 21.0 Å². The Hall–Kier alpha value is -2.23. The summed E-state index contributed by atoms with van der Waals surface area (Å²) in [6.45, 7) is 4.44. The van der Waals surface area contributed by atoms with E-state index in [-0.39, 0.29) is 0 Å². The second kappa shape index (κ2) is 15.6. The molecule has 4 nitrogen and oxygen atoms in total. The Balaban J connectivity index is 1.83. The minimum Gasteiger partial charge on any atom is -0.481 e. The average Bonchev–Trinajstić information content (AvgIpc) is 2.81. The van der Waals surface area contributed by atoms with Crippen molar-refractivity contribution in [2.24, 2.45) is 0 Å². The molecular formula is C28H42N2O2. The quantitative estimate of drug-likeness (QED) is 0.254. The molecule has 0 amide bonds. The van der Waals surface area contributed by atoms with Gasteiger partial charge in [-0.25, -0.2) is 9.97 Å². The van der Waals surface area contributed by atoms with E-state index in [1.165, 1.54) is 69.8 Å². The third-order valence-electron chi connectivity index (χ3n) is 6.24. The molecule has 32 heavy (non-hydrogen) atoms. The smallest absolute Gasteiger partial charge is 0.310 e. The SMILES string of the molecule is CCCCCCCCCc1cnc(-c2ccc(C(CCCCCCC)C(=O)O)cc2)nc1. The second-order valence-corrected chi connectivity index (χ2v) is 9.00. The molecule has 0 aliphatic carbocycles. The number of aliphatic carboxylic acids is 1. The van der Waals surface area contributed by atoms with E-state index in [4.69, 9.17) is 0 Å². The van der Waals surface area contributed by atoms with Gasteiger partial charge in [0.15, 0.2) is 5.82 Å². The number of carbonyl (C=O) groups is 1. The summed E-state index contributed by atoms with van der Waals surface area (Å²) in [4.78, 5) is 20.9. The molecule has 2 rings (SSSR count). The highest BCUT2D eigenvalue weighted by Crippen LogP contribution is 2.26. The molecule has 1 aromatic carbocycles. The Morgan fingerprint density at radius 1 is 0.781 bits per heavy atom. The molecule has 1 unspecified atom stereocenters. The van der Waals surface area contributed by atoms with Crippen molar-refractivity contribution in [2.45, 2.75) is 110 Å². The van der Waals surface area contributed by atoms with Gasteiger partial charge in [0.2, 0.25) is 0 Å². The molecule has 0 saturated carbocycles. The maximum absolute atomic E-state index is 11.8. The number of nitrogens with zero attached hydrogens (tertiary/aromatic N) is 2. The molecule has 0 bridgehead atoms. The van der Waals surface area contributed by atoms with Crippen molar-refractivity contribution in [3.05, 3.63) is 47.8 Å². The average molecular weight is 439 g/mol. The minimum absolute atomic E-state index is 0.434. The van der Waals surface area contributed by atoms with E-state index in [1.807, 2.05) is 36.7 Å². The van der Waals surface area contributed by atoms with E-state index >= 15 is 0 Å². The molecular weight excluding hydrogens is 396 g/mol. The molecule has 1 heterocycles. The van der Waals surface area contributed by atoms with Gasteiger partial charge < -0.3 is 5.11 Å². The first-order valence-electron chi connectivity index (χ1n) is 12.8. The fraction of sp³-hybridized carbons (Fsp3) is 0.607. The first-order valence-corrected chi connectivity index (χ1v) is 12.8. The van der Waals surface area contributed by atoms with Crippen LogP contribution in [0.3, 0.4) is 0 Å². The van der Waals surface area contributed by atoms with Gasteiger partial charge in [-0.1, -0.05) is 109 Å². The summed E-state index contributed by atoms with van der Waals surface area (Å²) in [5, 5.41) is 9.66. The number of carboxylic acid groups (broad SMARTS) is 1. The lowest BCUT2D eigenvalue weighted by Gasteiger charge is -2.13. The summed E-state index contributed by atoms with van der Waals surface area (Å²) >= 11 is 0. The standard InChI is InChI=1S/C28H42N2O2/c1-3-5-7-9-10-12-13-15-23-21-29-27(30-22-23)25-19-17-24(18-20-25)26(28(31)32)16-14-11-8-6-4-2/h17-22,26H,3-16H2,1-2H3,(H,31,32). The second-order valence-electron chi connectivity index (χ2n) is 9.00. The van der Waals surface area contributed by atoms with Crippen LogP contribution in [0.25, 0.3) is 11.4 Å². The molecule has 1 N–H and O–H groups in total. The van der Waals surface area contributed by atoms with Gasteiger partial charge in [-0.2, -0.15) is 0 Å². The van der Waals surface area contributed by atoms with E-state index in [9.17, 15) is 9.90 Å². The fourth-order valence-electron chi connectivity index (χ4n) is 4.17. The molecule has 1 aromatic heterocycles. The van der Waals surface area contributed by atoms with Crippen molar-refractivity contribution >= 4 is 5.97 Å². The van der Waals surface area contributed by atoms with Crippen molar-refractivity contribution < 1.29 is 9.90 Å². The van der Waals surface area contributed by atoms with Crippen LogP contribution in [0.5, 0.6) is 0 Å². The van der Waals surface area contributed by atoms with Crippen molar-refractivity contribution in [2.75, 3.05) is 0 Å². The van der Waals surface area contributed by atoms with E-state index in [2.05, 4.69) is 23.8 Å². The van der Waals surface area contributed by atoms with Crippen LogP contribution >= 0.6 is 0 Å². The molecule has 176 valence electrons. The van der Waals surface area contributed by atoms with Gasteiger partial charge in [0.1, 0.15) is 0 Å². The number of carboxylic acids is 1. The predicted octanol–water partition coefficient (Wildman–Crippen LogP) is 7.97. The monoisotopic (exact) mass is 438 g/mol. The molecule has 0 radical (unpaired) electrons. The van der Waals surface area contributed by atoms with Crippen molar-refractivity contribution in [3.8, 4) is 11.4 Å². The third-order valence-corrected chi connectivity index (χ3v) is 6.24. The molecule has 4 heteroatoms. The Bertz CT molecular complexity index is 756. The fourth-order valence-corrected chi connectivity index (χ4v) is 4.17. The number of unbranched alkanes of at least 4 members (excludes halogenated alkanes) is 10. The van der Waals surface area contributed by atoms with E-state index in [0.29, 0.717) is 12.2 Å². The zero-order chi connectivity index (χ0) is 23.0. The number of aryl methyl sites for hydroxylation is 1. The summed E-state index contributed by atoms with van der Waals surface area (Å²) in [5.41, 5.74) is 2.99. The van der Waals surface area contributed by atoms with Crippen molar-refractivity contribution in [1.29, 1.82) is 0 Å². The summed E-state index contributed by atoms with van der Waals surface area (Å²) in [7, 11) is 0. The highest BCUT2D eigenvalue weighted by atomic mass is 16.4. The van der Waals surface area contributed by atoms with Gasteiger partial charge in [-0.15, -0.1) is 0 Å². The highest BCUT2D eigenvalue weighted by molar-refractivity contribution is 5.76. The first kappa shape index (κ1) is 26.0. The predicted molar refractivity (Wildman–Crippen MR) is 133 cm³/mol. The largest absolute Gasteiger partial charge is 0.481 e. The number of aromatic nitrogens is 2. The van der Waals surface area contributed by atoms with Crippen molar-refractivity contribution in [3.63, 3.8) is 0 Å². The number of hydrogen-bond donors (Lipinski definition) is 1. The van der Waals surface area contributed by atoms with Crippen LogP contribution in [0.4, 0.5) is 0 Å². The lowest BCUT2D eigenvalue weighted by Crippen LogP contribution is -2.11. The Kier molecular flexibility index (Phi) is 12.6. The number of benzene rings is 1. The van der Waals surface area contributed by atoms with Crippen LogP contribution in [0.1, 0.15) is 114 Å². The van der Waals surface area contributed by atoms with Crippen LogP contribution in [0, 0.1) is 0 Å². The molecule has 1 atom stereocenters. The Morgan fingerprint density at radius 3 is 1.88 bits per heavy atom. The molecule has 0 spiro atoms. The van der Waals surface area contributed by atoms with Crippen LogP contribution in [0.15, 0.2) is 36.7 Å². The molecule has 2 aromatic rings. The van der Waals surface area contributed by atoms with Gasteiger partial charge in [0, 0.05) is 18.0 Å². The Morgan fingerprint density at radius 2 is 1.31 bits per heavy atom. The summed E-state index contributed by atoms with van der Waals surface area (Å²) in [5.74, 6) is -0.471. The first-order chi connectivity index (χ1) is 15.7. The summed E-state index contributed by atoms with van der Waals surface area (Å²) in [6.07, 6.45) is 20.4. The maximum atomic E-state index is 11.8. The van der Waals surface area contributed by atoms with E-state index < -0.39 is 11.9 Å². The Labute approximate surface area is 194 Å². The highest BCUT2D eigenvalue weighted by Gasteiger charge is 2.19. The summed E-state index contributed by atoms with van der Waals surface area (Å²) < 4.78 is 0. The number of rotatable bonds is 17. The van der Waals surface area contributed by atoms with Gasteiger partial charge in [0.25, 0.3) is 0 Å². The zero-order valence-electron chi connectivity index (χ0n) is 20.2. The topological polar surface area (TPSA) is 63.1 Å². The van der Waals surface area contributed by atoms with E-state index in [0.717, 1.165) is 30.4 Å². The normalized spacial score (nSPS) is 12.1. The van der Waals surface area contributed by atoms with Gasteiger partial charge >= 0.3 is 5.97 Å². The van der Waals surface area contributed by atoms with Gasteiger partial charge in [-0.3, -0.25) is 4.79 Å². The molecule has 0 fully saturated rings. The van der Waals surface area contributed by atoms with Crippen LogP contribution in [-0.2, 0) is 11.2 Å². The summed E-state index contributed by atoms with van der Waals surface area (Å²) in [6, 6.07) is 7.76. The minimum atomic E-state index is -0.737. The van der Waals surface area contributed by atoms with E-state index in [1.54, 1.807) is 0 Å². The van der Waals surface area contributed by atoms with Gasteiger partial charge in [0.05, 0.1) is 5.92 Å². The van der Waals surface area contributed by atoms with Crippen LogP contribution < -0.4 is 0 Å². The third kappa shape index (κ3) is 9.50. The van der Waals surface area contributed by atoms with Crippen molar-refractivity contribution in [1.82, 2.24) is 9.97 Å². The lowest BCUT2D eigenvalue weighted by atomic mass is 9.92. The lowest BCUT2D eigenvalue weighted by molar-refractivity contribution is -0.139. The maximum Gasteiger partial charge on any atom is 0.310 e. The molecule has 0 aliphatic rings. The van der Waals surface area contributed by atoms with Gasteiger partial charge in [-0.05, 0) is 30.4 Å². The molecule has 0 saturated heterocycles.